The molecule has 0 radical (unpaired) electrons. The summed E-state index contributed by atoms with van der Waals surface area (Å²) in [5, 5.41) is 9.83. The lowest BCUT2D eigenvalue weighted by Gasteiger charge is -2.43. The third-order valence-electron chi connectivity index (χ3n) is 6.01. The summed E-state index contributed by atoms with van der Waals surface area (Å²) < 4.78 is 6.30. The van der Waals surface area contributed by atoms with E-state index in [-0.39, 0.29) is 17.7 Å². The predicted molar refractivity (Wildman–Crippen MR) is 103 cm³/mol. The molecule has 0 bridgehead atoms. The van der Waals surface area contributed by atoms with Crippen molar-refractivity contribution in [1.82, 2.24) is 4.98 Å². The fraction of sp³-hybridized carbons (Fsp3) is 0.571. The molecule has 5 nitrogen and oxygen atoms in total. The Labute approximate surface area is 154 Å². The maximum Gasteiger partial charge on any atom is 0.160 e. The number of hydrogen-bond acceptors (Lipinski definition) is 5. The van der Waals surface area contributed by atoms with Gasteiger partial charge >= 0.3 is 0 Å². The smallest absolute Gasteiger partial charge is 0.160 e. The largest absolute Gasteiger partial charge is 0.393 e. The highest BCUT2D eigenvalue weighted by atomic mass is 16.5. The first-order chi connectivity index (χ1) is 12.6. The second-order valence-electron chi connectivity index (χ2n) is 7.94. The van der Waals surface area contributed by atoms with E-state index in [0.717, 1.165) is 37.2 Å². The summed E-state index contributed by atoms with van der Waals surface area (Å²) in [6, 6.07) is 5.99. The van der Waals surface area contributed by atoms with Gasteiger partial charge in [0.1, 0.15) is 5.84 Å². The van der Waals surface area contributed by atoms with Crippen molar-refractivity contribution in [2.45, 2.75) is 51.9 Å². The Morgan fingerprint density at radius 2 is 2.04 bits per heavy atom. The van der Waals surface area contributed by atoms with Crippen LogP contribution in [-0.4, -0.2) is 41.1 Å². The van der Waals surface area contributed by atoms with E-state index in [1.54, 1.807) is 0 Å². The molecule has 3 atom stereocenters. The normalized spacial score (nSPS) is 36.4. The Morgan fingerprint density at radius 3 is 2.77 bits per heavy atom. The summed E-state index contributed by atoms with van der Waals surface area (Å²) in [5.74, 6) is 1.55. The molecule has 0 amide bonds. The Balaban J connectivity index is 1.40. The van der Waals surface area contributed by atoms with Crippen LogP contribution >= 0.6 is 0 Å². The fourth-order valence-corrected chi connectivity index (χ4v) is 4.17. The summed E-state index contributed by atoms with van der Waals surface area (Å²) in [5.41, 5.74) is 2.09. The van der Waals surface area contributed by atoms with Crippen LogP contribution in [0.3, 0.4) is 0 Å². The van der Waals surface area contributed by atoms with Gasteiger partial charge in [-0.25, -0.2) is 9.98 Å². The molecular weight excluding hydrogens is 326 g/mol. The lowest BCUT2D eigenvalue weighted by molar-refractivity contribution is -0.0383. The van der Waals surface area contributed by atoms with Gasteiger partial charge in [-0.1, -0.05) is 12.1 Å². The molecule has 2 aliphatic carbocycles. The summed E-state index contributed by atoms with van der Waals surface area (Å²) in [7, 11) is 0. The topological polar surface area (TPSA) is 67.1 Å². The number of ether oxygens (including phenoxy) is 1. The molecule has 1 aromatic rings. The van der Waals surface area contributed by atoms with Gasteiger partial charge in [-0.2, -0.15) is 0 Å². The van der Waals surface area contributed by atoms with E-state index in [1.807, 2.05) is 37.5 Å². The number of hydrogen-bond donors (Lipinski definition) is 1. The second-order valence-corrected chi connectivity index (χ2v) is 7.94. The van der Waals surface area contributed by atoms with Crippen molar-refractivity contribution in [1.29, 1.82) is 0 Å². The highest BCUT2D eigenvalue weighted by molar-refractivity contribution is 5.91. The van der Waals surface area contributed by atoms with Gasteiger partial charge in [-0.3, -0.25) is 4.98 Å². The number of aliphatic hydroxyl groups excluding tert-OH is 1. The number of amidine groups is 1. The van der Waals surface area contributed by atoms with E-state index in [1.165, 1.54) is 5.57 Å². The Morgan fingerprint density at radius 1 is 1.23 bits per heavy atom. The van der Waals surface area contributed by atoms with Gasteiger partial charge in [0.25, 0.3) is 0 Å². The molecule has 0 spiro atoms. The number of pyridine rings is 1. The van der Waals surface area contributed by atoms with E-state index in [9.17, 15) is 5.11 Å². The standard InChI is InChI=1S/C21H27N3O2/c1-14-23-13-21(2,16-6-8-17(25)9-7-16)20(24-14)26-12-15-11-18(15)19-5-3-4-10-22-19/h3-5,10-11,13,15-17,20,25H,6-9,12H2,1-2H3/t15-,16?,17?,20?,21?/m1/s1. The van der Waals surface area contributed by atoms with E-state index >= 15 is 0 Å². The predicted octanol–water partition coefficient (Wildman–Crippen LogP) is 3.50. The number of nitrogens with zero attached hydrogens (tertiary/aromatic N) is 3. The lowest BCUT2D eigenvalue weighted by Crippen LogP contribution is -2.45. The first kappa shape index (κ1) is 17.6. The average molecular weight is 353 g/mol. The first-order valence-electron chi connectivity index (χ1n) is 9.58. The molecular formula is C21H27N3O2. The third-order valence-corrected chi connectivity index (χ3v) is 6.01. The molecule has 26 heavy (non-hydrogen) atoms. The van der Waals surface area contributed by atoms with Crippen molar-refractivity contribution >= 4 is 17.6 Å². The van der Waals surface area contributed by atoms with Gasteiger partial charge in [0.2, 0.25) is 0 Å². The van der Waals surface area contributed by atoms with Crippen LogP contribution in [0.1, 0.15) is 45.2 Å². The molecule has 1 aliphatic heterocycles. The van der Waals surface area contributed by atoms with Gasteiger partial charge < -0.3 is 9.84 Å². The molecule has 1 fully saturated rings. The van der Waals surface area contributed by atoms with E-state index in [0.29, 0.717) is 18.4 Å². The van der Waals surface area contributed by atoms with E-state index in [2.05, 4.69) is 23.0 Å². The fourth-order valence-electron chi connectivity index (χ4n) is 4.17. The van der Waals surface area contributed by atoms with Crippen molar-refractivity contribution in [2.24, 2.45) is 27.2 Å². The number of aromatic nitrogens is 1. The molecule has 1 aromatic heterocycles. The minimum atomic E-state index is -0.209. The second kappa shape index (κ2) is 7.05. The van der Waals surface area contributed by atoms with Gasteiger partial charge in [0.05, 0.1) is 23.8 Å². The van der Waals surface area contributed by atoms with Crippen LogP contribution in [-0.2, 0) is 4.74 Å². The van der Waals surface area contributed by atoms with Crippen LogP contribution in [0.25, 0.3) is 5.57 Å². The van der Waals surface area contributed by atoms with Gasteiger partial charge in [-0.05, 0) is 63.2 Å². The van der Waals surface area contributed by atoms with E-state index in [4.69, 9.17) is 9.73 Å². The highest BCUT2D eigenvalue weighted by Gasteiger charge is 2.44. The molecule has 1 saturated carbocycles. The molecule has 1 N–H and O–H groups in total. The zero-order valence-electron chi connectivity index (χ0n) is 15.5. The van der Waals surface area contributed by atoms with Crippen molar-refractivity contribution in [2.75, 3.05) is 6.61 Å². The summed E-state index contributed by atoms with van der Waals surface area (Å²) in [4.78, 5) is 13.6. The number of aliphatic hydroxyl groups is 1. The molecule has 5 heteroatoms. The summed E-state index contributed by atoms with van der Waals surface area (Å²) in [6.07, 6.45) is 9.43. The molecule has 4 rings (SSSR count). The SMILES string of the molecule is CC1=NC(OC[C@H]2C=C2c2ccccn2)C(C)(C2CCC(O)CC2)C=N1. The summed E-state index contributed by atoms with van der Waals surface area (Å²) >= 11 is 0. The van der Waals surface area contributed by atoms with Crippen LogP contribution < -0.4 is 0 Å². The number of aliphatic imine (C=N–C) groups is 2. The van der Waals surface area contributed by atoms with Crippen molar-refractivity contribution in [3.63, 3.8) is 0 Å². The molecule has 138 valence electrons. The van der Waals surface area contributed by atoms with Gasteiger partial charge in [0.15, 0.2) is 6.23 Å². The Bertz CT molecular complexity index is 735. The zero-order valence-corrected chi connectivity index (χ0v) is 15.5. The molecule has 2 heterocycles. The maximum absolute atomic E-state index is 9.83. The zero-order chi connectivity index (χ0) is 18.1. The van der Waals surface area contributed by atoms with E-state index < -0.39 is 0 Å². The molecule has 3 aliphatic rings. The Kier molecular flexibility index (Phi) is 4.76. The maximum atomic E-state index is 9.83. The Hall–Kier alpha value is -1.85. The van der Waals surface area contributed by atoms with Crippen LogP contribution in [0.2, 0.25) is 0 Å². The minimum Gasteiger partial charge on any atom is -0.393 e. The van der Waals surface area contributed by atoms with Crippen LogP contribution in [0.4, 0.5) is 0 Å². The van der Waals surface area contributed by atoms with Crippen molar-refractivity contribution in [3.05, 3.63) is 36.2 Å². The van der Waals surface area contributed by atoms with Crippen LogP contribution in [0, 0.1) is 17.3 Å². The molecule has 0 aromatic carbocycles. The van der Waals surface area contributed by atoms with Crippen molar-refractivity contribution in [3.8, 4) is 0 Å². The minimum absolute atomic E-state index is 0.156. The lowest BCUT2D eigenvalue weighted by atomic mass is 9.68. The van der Waals surface area contributed by atoms with Crippen LogP contribution in [0.5, 0.6) is 0 Å². The molecule has 2 unspecified atom stereocenters. The number of rotatable bonds is 5. The van der Waals surface area contributed by atoms with Crippen molar-refractivity contribution < 1.29 is 9.84 Å². The average Bonchev–Trinajstić information content (AvgIpc) is 3.43. The third kappa shape index (κ3) is 3.51. The monoisotopic (exact) mass is 353 g/mol. The first-order valence-corrected chi connectivity index (χ1v) is 9.58. The van der Waals surface area contributed by atoms with Gasteiger partial charge in [-0.15, -0.1) is 0 Å². The molecule has 0 saturated heterocycles. The highest BCUT2D eigenvalue weighted by Crippen LogP contribution is 2.44. The van der Waals surface area contributed by atoms with Gasteiger partial charge in [0, 0.05) is 18.3 Å². The van der Waals surface area contributed by atoms with Crippen LogP contribution in [0.15, 0.2) is 40.5 Å². The quantitative estimate of drug-likeness (QED) is 0.881. The summed E-state index contributed by atoms with van der Waals surface area (Å²) in [6.45, 7) is 4.76.